The van der Waals surface area contributed by atoms with E-state index in [1.54, 1.807) is 0 Å². The van der Waals surface area contributed by atoms with Crippen molar-refractivity contribution in [2.24, 2.45) is 0 Å². The highest BCUT2D eigenvalue weighted by molar-refractivity contribution is 5.27. The summed E-state index contributed by atoms with van der Waals surface area (Å²) < 4.78 is 0. The molecule has 2 nitrogen and oxygen atoms in total. The maximum Gasteiger partial charge on any atom is 0.112 e. The fourth-order valence-electron chi connectivity index (χ4n) is 2.61. The first-order valence-corrected chi connectivity index (χ1v) is 8.20. The van der Waals surface area contributed by atoms with Gasteiger partial charge in [-0.3, -0.25) is 0 Å². The fraction of sp³-hybridized carbons (Fsp3) is 0.833. The van der Waals surface area contributed by atoms with E-state index in [1.165, 1.54) is 37.1 Å². The van der Waals surface area contributed by atoms with E-state index < -0.39 is 0 Å². The van der Waals surface area contributed by atoms with Crippen LogP contribution in [0.1, 0.15) is 104 Å². The highest BCUT2D eigenvalue weighted by atomic mass is 15.0. The first-order chi connectivity index (χ1) is 9.09. The molecule has 20 heavy (non-hydrogen) atoms. The van der Waals surface area contributed by atoms with Crippen molar-refractivity contribution >= 4 is 0 Å². The van der Waals surface area contributed by atoms with Crippen molar-refractivity contribution in [2.45, 2.75) is 97.8 Å². The molecule has 0 aliphatic heterocycles. The summed E-state index contributed by atoms with van der Waals surface area (Å²) in [6.45, 7) is 18.1. The van der Waals surface area contributed by atoms with Gasteiger partial charge in [0.15, 0.2) is 0 Å². The van der Waals surface area contributed by atoms with Gasteiger partial charge in [-0.1, -0.05) is 74.7 Å². The quantitative estimate of drug-likeness (QED) is 0.665. The lowest BCUT2D eigenvalue weighted by atomic mass is 9.81. The van der Waals surface area contributed by atoms with Crippen LogP contribution in [0.5, 0.6) is 0 Å². The van der Waals surface area contributed by atoms with Crippen molar-refractivity contribution in [3.63, 3.8) is 0 Å². The summed E-state index contributed by atoms with van der Waals surface area (Å²) in [7, 11) is 0. The monoisotopic (exact) mass is 278 g/mol. The molecule has 0 aliphatic rings. The van der Waals surface area contributed by atoms with Gasteiger partial charge in [0.25, 0.3) is 0 Å². The normalized spacial score (nSPS) is 13.2. The van der Waals surface area contributed by atoms with Crippen LogP contribution in [-0.2, 0) is 10.8 Å². The Morgan fingerprint density at radius 1 is 1.05 bits per heavy atom. The summed E-state index contributed by atoms with van der Waals surface area (Å²) in [5.41, 5.74) is 2.86. The van der Waals surface area contributed by atoms with E-state index in [9.17, 15) is 0 Å². The van der Waals surface area contributed by atoms with Crippen molar-refractivity contribution < 1.29 is 0 Å². The van der Waals surface area contributed by atoms with Gasteiger partial charge < -0.3 is 4.98 Å². The Kier molecular flexibility index (Phi) is 5.46. The van der Waals surface area contributed by atoms with Crippen LogP contribution >= 0.6 is 0 Å². The molecule has 0 radical (unpaired) electrons. The molecule has 2 heteroatoms. The molecule has 0 amide bonds. The van der Waals surface area contributed by atoms with Crippen molar-refractivity contribution in [1.82, 2.24) is 9.97 Å². The first-order valence-electron chi connectivity index (χ1n) is 8.20. The van der Waals surface area contributed by atoms with Crippen LogP contribution in [-0.4, -0.2) is 9.97 Å². The van der Waals surface area contributed by atoms with Crippen molar-refractivity contribution in [2.75, 3.05) is 0 Å². The van der Waals surface area contributed by atoms with E-state index in [-0.39, 0.29) is 10.8 Å². The van der Waals surface area contributed by atoms with Gasteiger partial charge in [-0.2, -0.15) is 0 Å². The number of rotatable bonds is 6. The largest absolute Gasteiger partial charge is 0.345 e. The van der Waals surface area contributed by atoms with Gasteiger partial charge in [-0.15, -0.1) is 0 Å². The molecular weight excluding hydrogens is 244 g/mol. The smallest absolute Gasteiger partial charge is 0.112 e. The summed E-state index contributed by atoms with van der Waals surface area (Å²) in [5.74, 6) is 1.62. The molecule has 0 spiro atoms. The number of nitrogens with one attached hydrogen (secondary N) is 1. The number of unbranched alkanes of at least 4 members (excludes halogenated alkanes) is 2. The second kappa shape index (κ2) is 6.32. The van der Waals surface area contributed by atoms with Crippen LogP contribution in [0.2, 0.25) is 0 Å². The SMILES string of the molecule is CCCCCC(C)(C)c1nc(C(C)(C)C)[nH]c1C(C)C. The zero-order chi connectivity index (χ0) is 15.6. The van der Waals surface area contributed by atoms with Crippen LogP contribution in [0.15, 0.2) is 0 Å². The maximum atomic E-state index is 5.00. The van der Waals surface area contributed by atoms with Gasteiger partial charge in [0.05, 0.1) is 5.69 Å². The van der Waals surface area contributed by atoms with E-state index in [2.05, 4.69) is 60.4 Å². The molecule has 0 saturated carbocycles. The highest BCUT2D eigenvalue weighted by Crippen LogP contribution is 2.35. The summed E-state index contributed by atoms with van der Waals surface area (Å²) in [6, 6.07) is 0. The molecule has 1 aromatic rings. The minimum Gasteiger partial charge on any atom is -0.345 e. The second-order valence-corrected chi connectivity index (χ2v) is 8.09. The topological polar surface area (TPSA) is 28.7 Å². The third-order valence-corrected chi connectivity index (χ3v) is 4.07. The number of hydrogen-bond donors (Lipinski definition) is 1. The minimum atomic E-state index is 0.0847. The zero-order valence-corrected chi connectivity index (χ0v) is 14.9. The molecule has 0 atom stereocenters. The number of imidazole rings is 1. The predicted molar refractivity (Wildman–Crippen MR) is 88.5 cm³/mol. The Labute approximate surface area is 125 Å². The fourth-order valence-corrected chi connectivity index (χ4v) is 2.61. The molecule has 116 valence electrons. The van der Waals surface area contributed by atoms with Gasteiger partial charge in [-0.05, 0) is 12.3 Å². The van der Waals surface area contributed by atoms with Gasteiger partial charge >= 0.3 is 0 Å². The van der Waals surface area contributed by atoms with Crippen LogP contribution in [0.3, 0.4) is 0 Å². The third kappa shape index (κ3) is 4.10. The number of nitrogens with zero attached hydrogens (tertiary/aromatic N) is 1. The van der Waals surface area contributed by atoms with E-state index in [0.29, 0.717) is 5.92 Å². The number of aromatic amines is 1. The van der Waals surface area contributed by atoms with Gasteiger partial charge in [0, 0.05) is 16.5 Å². The summed E-state index contributed by atoms with van der Waals surface area (Å²) in [5, 5.41) is 0. The van der Waals surface area contributed by atoms with E-state index >= 15 is 0 Å². The molecule has 1 aromatic heterocycles. The van der Waals surface area contributed by atoms with E-state index in [0.717, 1.165) is 5.82 Å². The average Bonchev–Trinajstić information content (AvgIpc) is 2.74. The number of H-pyrrole nitrogens is 1. The lowest BCUT2D eigenvalue weighted by Crippen LogP contribution is -2.20. The minimum absolute atomic E-state index is 0.0847. The summed E-state index contributed by atoms with van der Waals surface area (Å²) in [4.78, 5) is 8.60. The Hall–Kier alpha value is -0.790. The lowest BCUT2D eigenvalue weighted by molar-refractivity contribution is 0.432. The number of aromatic nitrogens is 2. The predicted octanol–water partition coefficient (Wildman–Crippen LogP) is 5.69. The van der Waals surface area contributed by atoms with E-state index in [1.807, 2.05) is 0 Å². The Balaban J connectivity index is 3.11. The summed E-state index contributed by atoms with van der Waals surface area (Å²) >= 11 is 0. The Morgan fingerprint density at radius 3 is 2.10 bits per heavy atom. The zero-order valence-electron chi connectivity index (χ0n) is 14.9. The molecule has 0 fully saturated rings. The van der Waals surface area contributed by atoms with Gasteiger partial charge in [0.1, 0.15) is 5.82 Å². The molecular formula is C18H34N2. The molecule has 0 unspecified atom stereocenters. The Morgan fingerprint density at radius 2 is 1.65 bits per heavy atom. The second-order valence-electron chi connectivity index (χ2n) is 8.09. The standard InChI is InChI=1S/C18H34N2/c1-9-10-11-12-18(7,8)15-14(13(2)3)19-16(20-15)17(4,5)6/h13H,9-12H2,1-8H3,(H,19,20). The summed E-state index contributed by atoms with van der Waals surface area (Å²) in [6.07, 6.45) is 5.10. The van der Waals surface area contributed by atoms with E-state index in [4.69, 9.17) is 4.98 Å². The molecule has 1 N–H and O–H groups in total. The van der Waals surface area contributed by atoms with Crippen LogP contribution in [0.25, 0.3) is 0 Å². The van der Waals surface area contributed by atoms with Gasteiger partial charge in [0.2, 0.25) is 0 Å². The maximum absolute atomic E-state index is 5.00. The molecule has 0 aliphatic carbocycles. The lowest BCUT2D eigenvalue weighted by Gasteiger charge is -2.25. The third-order valence-electron chi connectivity index (χ3n) is 4.07. The molecule has 0 saturated heterocycles. The molecule has 1 heterocycles. The van der Waals surface area contributed by atoms with Crippen LogP contribution in [0, 0.1) is 0 Å². The van der Waals surface area contributed by atoms with Crippen molar-refractivity contribution in [1.29, 1.82) is 0 Å². The molecule has 0 bridgehead atoms. The highest BCUT2D eigenvalue weighted by Gasteiger charge is 2.30. The van der Waals surface area contributed by atoms with Crippen molar-refractivity contribution in [3.8, 4) is 0 Å². The molecule has 1 rings (SSSR count). The van der Waals surface area contributed by atoms with Crippen LogP contribution in [0.4, 0.5) is 0 Å². The number of hydrogen-bond acceptors (Lipinski definition) is 1. The average molecular weight is 278 g/mol. The van der Waals surface area contributed by atoms with Gasteiger partial charge in [-0.25, -0.2) is 4.98 Å². The molecule has 0 aromatic carbocycles. The Bertz CT molecular complexity index is 419. The van der Waals surface area contributed by atoms with Crippen molar-refractivity contribution in [3.05, 3.63) is 17.2 Å². The first kappa shape index (κ1) is 17.3. The van der Waals surface area contributed by atoms with Crippen LogP contribution < -0.4 is 0 Å².